The van der Waals surface area contributed by atoms with Crippen LogP contribution >= 0.6 is 0 Å². The van der Waals surface area contributed by atoms with Crippen LogP contribution in [0.1, 0.15) is 71.7 Å². The standard InChI is InChI=1S/C32H42O10/c1-16-19-14-32(37)26(40-27(35)18-11-9-8-10-12-18)24-30(7,20(34)13-21-31(24,36)15-38-21)25(42-29(5,6)41-19)23(39-17(2)33)22(16)28(32,3)4/h8-12,19-21,23-26,34,36-37H,13-15H2,1-7H3/t19-,20-,21+,23+,24-,25-,26-,30+,31-,32+/m0/s1. The van der Waals surface area contributed by atoms with Gasteiger partial charge in [-0.05, 0) is 44.1 Å². The summed E-state index contributed by atoms with van der Waals surface area (Å²) in [6, 6.07) is 8.46. The molecule has 1 aromatic carbocycles. The molecule has 0 unspecified atom stereocenters. The van der Waals surface area contributed by atoms with E-state index in [1.165, 1.54) is 6.92 Å². The van der Waals surface area contributed by atoms with Crippen molar-refractivity contribution in [2.24, 2.45) is 16.7 Å². The minimum atomic E-state index is -1.84. The second-order valence-corrected chi connectivity index (χ2v) is 14.0. The smallest absolute Gasteiger partial charge is 0.338 e. The van der Waals surface area contributed by atoms with Gasteiger partial charge in [-0.2, -0.15) is 0 Å². The maximum Gasteiger partial charge on any atom is 0.338 e. The summed E-state index contributed by atoms with van der Waals surface area (Å²) in [5, 5.41) is 37.5. The van der Waals surface area contributed by atoms with Crippen LogP contribution in [0.15, 0.2) is 41.5 Å². The molecule has 0 amide bonds. The second kappa shape index (κ2) is 9.33. The van der Waals surface area contributed by atoms with Crippen molar-refractivity contribution in [1.82, 2.24) is 0 Å². The number of carbonyl (C=O) groups excluding carboxylic acids is 2. The summed E-state index contributed by atoms with van der Waals surface area (Å²) in [6.07, 6.45) is -5.98. The van der Waals surface area contributed by atoms with E-state index in [0.717, 1.165) is 5.57 Å². The number of hydrogen-bond acceptors (Lipinski definition) is 10. The molecule has 10 atom stereocenters. The Morgan fingerprint density at radius 2 is 1.67 bits per heavy atom. The Labute approximate surface area is 245 Å². The van der Waals surface area contributed by atoms with Gasteiger partial charge in [-0.15, -0.1) is 0 Å². The van der Waals surface area contributed by atoms with Gasteiger partial charge in [-0.25, -0.2) is 4.79 Å². The summed E-state index contributed by atoms with van der Waals surface area (Å²) in [6.45, 7) is 12.0. The topological polar surface area (TPSA) is 141 Å². The van der Waals surface area contributed by atoms with Gasteiger partial charge in [0.2, 0.25) is 0 Å². The largest absolute Gasteiger partial charge is 0.455 e. The quantitative estimate of drug-likeness (QED) is 0.358. The highest BCUT2D eigenvalue weighted by molar-refractivity contribution is 5.89. The Hall–Kier alpha value is -2.34. The highest BCUT2D eigenvalue weighted by atomic mass is 16.7. The molecule has 0 radical (unpaired) electrons. The molecular weight excluding hydrogens is 544 g/mol. The molecule has 10 heteroatoms. The Balaban J connectivity index is 1.67. The van der Waals surface area contributed by atoms with Crippen LogP contribution in [0, 0.1) is 16.7 Å². The van der Waals surface area contributed by atoms with Crippen molar-refractivity contribution in [1.29, 1.82) is 0 Å². The zero-order chi connectivity index (χ0) is 30.6. The predicted octanol–water partition coefficient (Wildman–Crippen LogP) is 2.67. The third-order valence-corrected chi connectivity index (χ3v) is 10.9. The first-order chi connectivity index (χ1) is 19.5. The van der Waals surface area contributed by atoms with Crippen LogP contribution in [0.5, 0.6) is 0 Å². The lowest BCUT2D eigenvalue weighted by Gasteiger charge is -2.70. The lowest BCUT2D eigenvalue weighted by atomic mass is 9.44. The van der Waals surface area contributed by atoms with Crippen molar-refractivity contribution in [3.8, 4) is 0 Å². The molecule has 6 rings (SSSR count). The molecule has 230 valence electrons. The summed E-state index contributed by atoms with van der Waals surface area (Å²) in [5.41, 5.74) is -4.37. The van der Waals surface area contributed by atoms with Crippen molar-refractivity contribution < 1.29 is 48.6 Å². The molecule has 42 heavy (non-hydrogen) atoms. The van der Waals surface area contributed by atoms with E-state index < -0.39 is 82.3 Å². The fourth-order valence-corrected chi connectivity index (χ4v) is 8.70. The van der Waals surface area contributed by atoms with Crippen LogP contribution in [0.3, 0.4) is 0 Å². The maximum absolute atomic E-state index is 13.8. The zero-order valence-corrected chi connectivity index (χ0v) is 25.2. The summed E-state index contributed by atoms with van der Waals surface area (Å²) in [4.78, 5) is 26.5. The van der Waals surface area contributed by atoms with Gasteiger partial charge in [0.15, 0.2) is 11.9 Å². The third kappa shape index (κ3) is 3.92. The van der Waals surface area contributed by atoms with Crippen molar-refractivity contribution in [2.75, 3.05) is 6.61 Å². The van der Waals surface area contributed by atoms with E-state index in [1.54, 1.807) is 51.1 Å². The highest BCUT2D eigenvalue weighted by Crippen LogP contribution is 2.66. The first-order valence-electron chi connectivity index (χ1n) is 14.7. The fraction of sp³-hybridized carbons (Fsp3) is 0.688. The number of hydrogen-bond donors (Lipinski definition) is 3. The molecule has 1 saturated heterocycles. The molecule has 2 aliphatic heterocycles. The highest BCUT2D eigenvalue weighted by Gasteiger charge is 2.77. The Bertz CT molecular complexity index is 1320. The molecule has 0 aromatic heterocycles. The summed E-state index contributed by atoms with van der Waals surface area (Å²) in [7, 11) is 0. The third-order valence-electron chi connectivity index (χ3n) is 10.9. The Morgan fingerprint density at radius 1 is 1.00 bits per heavy atom. The summed E-state index contributed by atoms with van der Waals surface area (Å²) < 4.78 is 31.4. The van der Waals surface area contributed by atoms with Gasteiger partial charge in [0.1, 0.15) is 23.4 Å². The van der Waals surface area contributed by atoms with Gasteiger partial charge in [0.25, 0.3) is 0 Å². The summed E-state index contributed by atoms with van der Waals surface area (Å²) in [5.74, 6) is -3.55. The van der Waals surface area contributed by atoms with Crippen molar-refractivity contribution in [3.63, 3.8) is 0 Å². The summed E-state index contributed by atoms with van der Waals surface area (Å²) >= 11 is 0. The second-order valence-electron chi connectivity index (χ2n) is 14.0. The van der Waals surface area contributed by atoms with Crippen LogP contribution in [-0.2, 0) is 28.5 Å². The van der Waals surface area contributed by atoms with Gasteiger partial charge in [-0.1, -0.05) is 39.0 Å². The van der Waals surface area contributed by atoms with Crippen molar-refractivity contribution >= 4 is 11.9 Å². The molecule has 3 N–H and O–H groups in total. The number of fused-ring (bicyclic) bond motifs is 7. The lowest BCUT2D eigenvalue weighted by Crippen LogP contribution is -2.82. The molecule has 5 aliphatic rings. The molecule has 3 fully saturated rings. The lowest BCUT2D eigenvalue weighted by molar-refractivity contribution is -0.391. The van der Waals surface area contributed by atoms with Crippen molar-refractivity contribution in [2.45, 2.75) is 115 Å². The van der Waals surface area contributed by atoms with Crippen LogP contribution < -0.4 is 0 Å². The average molecular weight is 587 g/mol. The van der Waals surface area contributed by atoms with Crippen LogP contribution in [0.25, 0.3) is 0 Å². The van der Waals surface area contributed by atoms with Gasteiger partial charge >= 0.3 is 11.9 Å². The monoisotopic (exact) mass is 586 g/mol. The van der Waals surface area contributed by atoms with Gasteiger partial charge < -0.3 is 39.0 Å². The van der Waals surface area contributed by atoms with E-state index in [1.807, 2.05) is 20.8 Å². The van der Waals surface area contributed by atoms with Crippen LogP contribution in [0.4, 0.5) is 0 Å². The number of carbonyl (C=O) groups is 2. The van der Waals surface area contributed by atoms with Gasteiger partial charge in [0, 0.05) is 36.5 Å². The van der Waals surface area contributed by atoms with Gasteiger partial charge in [-0.3, -0.25) is 4.79 Å². The van der Waals surface area contributed by atoms with E-state index >= 15 is 0 Å². The molecule has 1 aromatic rings. The molecule has 2 heterocycles. The van der Waals surface area contributed by atoms with E-state index in [-0.39, 0.29) is 25.0 Å². The van der Waals surface area contributed by atoms with Crippen LogP contribution in [-0.4, -0.2) is 87.5 Å². The predicted molar refractivity (Wildman–Crippen MR) is 148 cm³/mol. The fourth-order valence-electron chi connectivity index (χ4n) is 8.70. The molecule has 2 saturated carbocycles. The van der Waals surface area contributed by atoms with Crippen molar-refractivity contribution in [3.05, 3.63) is 47.0 Å². The SMILES string of the molecule is CC(=O)O[C@@H]1C2=C(C)[C@@H]3C[C@@](O)([C@@H](OC(=O)c4ccccc4)[C@@H]4[C@]5(O)CO[C@@H]5C[C@H](O)[C@@]4(C)[C@H]1OC(C)(C)O3)C2(C)C. The molecule has 10 nitrogen and oxygen atoms in total. The number of benzene rings is 1. The minimum absolute atomic E-state index is 0.00338. The first kappa shape index (κ1) is 29.7. The molecular formula is C32H42O10. The number of esters is 2. The van der Waals surface area contributed by atoms with E-state index in [9.17, 15) is 24.9 Å². The first-order valence-corrected chi connectivity index (χ1v) is 14.7. The van der Waals surface area contributed by atoms with Crippen LogP contribution in [0.2, 0.25) is 0 Å². The number of ether oxygens (including phenoxy) is 5. The Kier molecular flexibility index (Phi) is 6.60. The van der Waals surface area contributed by atoms with E-state index in [0.29, 0.717) is 5.57 Å². The maximum atomic E-state index is 13.8. The Morgan fingerprint density at radius 3 is 2.26 bits per heavy atom. The van der Waals surface area contributed by atoms with Gasteiger partial charge in [0.05, 0.1) is 30.5 Å². The molecule has 3 aliphatic carbocycles. The van der Waals surface area contributed by atoms with E-state index in [2.05, 4.69) is 0 Å². The molecule has 4 bridgehead atoms. The minimum Gasteiger partial charge on any atom is -0.455 e. The zero-order valence-electron chi connectivity index (χ0n) is 25.2. The van der Waals surface area contributed by atoms with E-state index in [4.69, 9.17) is 23.7 Å². The number of aliphatic hydroxyl groups excluding tert-OH is 1. The number of aliphatic hydroxyl groups is 3. The normalized spacial score (nSPS) is 44.9. The number of rotatable bonds is 3. The average Bonchev–Trinajstić information content (AvgIpc) is 2.90. The molecule has 0 spiro atoms.